The first-order valence-corrected chi connectivity index (χ1v) is 12.7. The van der Waals surface area contributed by atoms with Crippen molar-refractivity contribution in [3.8, 4) is 0 Å². The summed E-state index contributed by atoms with van der Waals surface area (Å²) in [6.45, 7) is 5.04. The van der Waals surface area contributed by atoms with E-state index >= 15 is 0 Å². The SMILES string of the molecule is CC(=N/C(=C\C(N)=Nc1nc2cccnc2s1)CN1CCCCC1)SCc1ccccc1. The summed E-state index contributed by atoms with van der Waals surface area (Å²) in [6.07, 6.45) is 7.43. The van der Waals surface area contributed by atoms with Gasteiger partial charge in [0.15, 0.2) is 0 Å². The zero-order valence-corrected chi connectivity index (χ0v) is 19.9. The van der Waals surface area contributed by atoms with Gasteiger partial charge in [-0.15, -0.1) is 11.8 Å². The Balaban J connectivity index is 1.52. The lowest BCUT2D eigenvalue weighted by molar-refractivity contribution is 0.246. The monoisotopic (exact) mass is 464 g/mol. The second kappa shape index (κ2) is 11.4. The molecule has 0 radical (unpaired) electrons. The van der Waals surface area contributed by atoms with Crippen molar-refractivity contribution in [3.63, 3.8) is 0 Å². The van der Waals surface area contributed by atoms with E-state index in [1.54, 1.807) is 18.0 Å². The van der Waals surface area contributed by atoms with Crippen molar-refractivity contribution in [3.05, 3.63) is 66.0 Å². The zero-order chi connectivity index (χ0) is 22.2. The number of pyridine rings is 1. The minimum Gasteiger partial charge on any atom is -0.384 e. The Labute approximate surface area is 197 Å². The van der Waals surface area contributed by atoms with Crippen molar-refractivity contribution in [1.29, 1.82) is 0 Å². The Morgan fingerprint density at radius 3 is 2.75 bits per heavy atom. The molecule has 166 valence electrons. The Morgan fingerprint density at radius 1 is 1.16 bits per heavy atom. The standard InChI is InChI=1S/C24H28N6S2/c1-18(31-17-19-9-4-2-5-10-19)27-20(16-30-13-6-3-7-14-30)15-22(25)29-24-28-21-11-8-12-26-23(21)32-24/h2,4-5,8-12,15H,3,6-7,13-14,16-17H2,1H3,(H2,25,28,29)/b20-15-,27-18?. The van der Waals surface area contributed by atoms with Gasteiger partial charge in [0.25, 0.3) is 0 Å². The van der Waals surface area contributed by atoms with Gasteiger partial charge in [0.05, 0.1) is 10.7 Å². The molecule has 0 aliphatic carbocycles. The van der Waals surface area contributed by atoms with E-state index in [0.29, 0.717) is 11.0 Å². The van der Waals surface area contributed by atoms with Gasteiger partial charge >= 0.3 is 0 Å². The molecule has 0 unspecified atom stereocenters. The molecule has 1 fully saturated rings. The molecule has 0 atom stereocenters. The number of amidine groups is 1. The van der Waals surface area contributed by atoms with Crippen LogP contribution in [0.25, 0.3) is 10.3 Å². The fraction of sp³-hybridized carbons (Fsp3) is 0.333. The molecule has 3 heterocycles. The summed E-state index contributed by atoms with van der Waals surface area (Å²) in [5.41, 5.74) is 9.37. The highest BCUT2D eigenvalue weighted by Crippen LogP contribution is 2.26. The maximum Gasteiger partial charge on any atom is 0.213 e. The Morgan fingerprint density at radius 2 is 1.97 bits per heavy atom. The van der Waals surface area contributed by atoms with E-state index in [0.717, 1.165) is 46.5 Å². The number of nitrogens with two attached hydrogens (primary N) is 1. The number of fused-ring (bicyclic) bond motifs is 1. The summed E-state index contributed by atoms with van der Waals surface area (Å²) in [5, 5.41) is 1.64. The Bertz CT molecular complexity index is 1080. The van der Waals surface area contributed by atoms with Crippen LogP contribution in [0.3, 0.4) is 0 Å². The molecule has 2 N–H and O–H groups in total. The highest BCUT2D eigenvalue weighted by molar-refractivity contribution is 8.13. The third-order valence-electron chi connectivity index (χ3n) is 5.12. The smallest absolute Gasteiger partial charge is 0.213 e. The molecule has 6 nitrogen and oxygen atoms in total. The number of hydrogen-bond donors (Lipinski definition) is 1. The van der Waals surface area contributed by atoms with Gasteiger partial charge in [-0.1, -0.05) is 48.1 Å². The molecule has 8 heteroatoms. The molecule has 0 saturated carbocycles. The van der Waals surface area contributed by atoms with Gasteiger partial charge in [0.1, 0.15) is 16.2 Å². The number of aromatic nitrogens is 2. The molecule has 2 aromatic heterocycles. The van der Waals surface area contributed by atoms with E-state index in [4.69, 9.17) is 10.7 Å². The van der Waals surface area contributed by atoms with Gasteiger partial charge < -0.3 is 5.73 Å². The van der Waals surface area contributed by atoms with Crippen LogP contribution in [0.4, 0.5) is 5.13 Å². The van der Waals surface area contributed by atoms with Crippen LogP contribution in [0.2, 0.25) is 0 Å². The van der Waals surface area contributed by atoms with Gasteiger partial charge in [-0.2, -0.15) is 0 Å². The second-order valence-corrected chi connectivity index (χ2v) is 9.86. The van der Waals surface area contributed by atoms with Crippen molar-refractivity contribution < 1.29 is 0 Å². The number of piperidine rings is 1. The first-order chi connectivity index (χ1) is 15.7. The van der Waals surface area contributed by atoms with Crippen LogP contribution in [0.1, 0.15) is 31.7 Å². The van der Waals surface area contributed by atoms with Crippen molar-refractivity contribution >= 4 is 49.5 Å². The van der Waals surface area contributed by atoms with Crippen LogP contribution in [0.15, 0.2) is 70.4 Å². The number of benzene rings is 1. The summed E-state index contributed by atoms with van der Waals surface area (Å²) in [7, 11) is 0. The number of hydrogen-bond acceptors (Lipinski definition) is 7. The predicted molar refractivity (Wildman–Crippen MR) is 138 cm³/mol. The lowest BCUT2D eigenvalue weighted by Crippen LogP contribution is -2.31. The summed E-state index contributed by atoms with van der Waals surface area (Å²) >= 11 is 3.18. The minimum absolute atomic E-state index is 0.417. The maximum atomic E-state index is 6.30. The Hall–Kier alpha value is -2.55. The van der Waals surface area contributed by atoms with Crippen molar-refractivity contribution in [2.45, 2.75) is 31.9 Å². The molecular weight excluding hydrogens is 436 g/mol. The molecule has 0 bridgehead atoms. The van der Waals surface area contributed by atoms with Gasteiger partial charge in [0, 0.05) is 24.6 Å². The second-order valence-electron chi connectivity index (χ2n) is 7.74. The molecule has 1 aromatic carbocycles. The highest BCUT2D eigenvalue weighted by Gasteiger charge is 2.13. The average molecular weight is 465 g/mol. The molecular formula is C24H28N6S2. The first kappa shape index (κ1) is 22.6. The van der Waals surface area contributed by atoms with Crippen LogP contribution in [-0.2, 0) is 5.75 Å². The van der Waals surface area contributed by atoms with Gasteiger partial charge in [-0.05, 0) is 50.6 Å². The number of thiazole rings is 1. The van der Waals surface area contributed by atoms with E-state index in [1.807, 2.05) is 24.3 Å². The van der Waals surface area contributed by atoms with Crippen LogP contribution < -0.4 is 5.73 Å². The molecule has 0 spiro atoms. The van der Waals surface area contributed by atoms with E-state index in [1.165, 1.54) is 36.2 Å². The molecule has 1 aliphatic rings. The van der Waals surface area contributed by atoms with Crippen molar-refractivity contribution in [2.24, 2.45) is 15.7 Å². The number of likely N-dealkylation sites (tertiary alicyclic amines) is 1. The van der Waals surface area contributed by atoms with E-state index in [-0.39, 0.29) is 0 Å². The molecule has 1 aliphatic heterocycles. The number of aliphatic imine (C=N–C) groups is 2. The number of nitrogens with zero attached hydrogens (tertiary/aromatic N) is 5. The van der Waals surface area contributed by atoms with E-state index in [9.17, 15) is 0 Å². The third kappa shape index (κ3) is 6.72. The predicted octanol–water partition coefficient (Wildman–Crippen LogP) is 5.40. The summed E-state index contributed by atoms with van der Waals surface area (Å²) in [6, 6.07) is 14.3. The summed E-state index contributed by atoms with van der Waals surface area (Å²) < 4.78 is 0. The third-order valence-corrected chi connectivity index (χ3v) is 6.98. The average Bonchev–Trinajstić information content (AvgIpc) is 3.21. The molecule has 4 rings (SSSR count). The topological polar surface area (TPSA) is 79.8 Å². The number of rotatable bonds is 7. The van der Waals surface area contributed by atoms with Crippen molar-refractivity contribution in [1.82, 2.24) is 14.9 Å². The molecule has 1 saturated heterocycles. The normalized spacial score (nSPS) is 16.6. The lowest BCUT2D eigenvalue weighted by atomic mass is 10.1. The highest BCUT2D eigenvalue weighted by atomic mass is 32.2. The molecule has 32 heavy (non-hydrogen) atoms. The molecule has 0 amide bonds. The summed E-state index contributed by atoms with van der Waals surface area (Å²) in [4.78, 5) is 21.6. The van der Waals surface area contributed by atoms with Crippen molar-refractivity contribution in [2.75, 3.05) is 19.6 Å². The van der Waals surface area contributed by atoms with Gasteiger partial charge in [-0.25, -0.2) is 20.0 Å². The van der Waals surface area contributed by atoms with Gasteiger partial charge in [0.2, 0.25) is 5.13 Å². The van der Waals surface area contributed by atoms with Gasteiger partial charge in [-0.3, -0.25) is 4.90 Å². The van der Waals surface area contributed by atoms with Crippen LogP contribution >= 0.6 is 23.1 Å². The van der Waals surface area contributed by atoms with Crippen LogP contribution in [-0.4, -0.2) is 45.4 Å². The Kier molecular flexibility index (Phi) is 8.03. The van der Waals surface area contributed by atoms with Crippen LogP contribution in [0.5, 0.6) is 0 Å². The molecule has 3 aromatic rings. The minimum atomic E-state index is 0.417. The van der Waals surface area contributed by atoms with E-state index < -0.39 is 0 Å². The maximum absolute atomic E-state index is 6.30. The first-order valence-electron chi connectivity index (χ1n) is 10.9. The fourth-order valence-corrected chi connectivity index (χ4v) is 5.13. The quantitative estimate of drug-likeness (QED) is 0.374. The summed E-state index contributed by atoms with van der Waals surface area (Å²) in [5.74, 6) is 1.32. The van der Waals surface area contributed by atoms with E-state index in [2.05, 4.69) is 51.0 Å². The zero-order valence-electron chi connectivity index (χ0n) is 18.3. The largest absolute Gasteiger partial charge is 0.384 e. The number of thioether (sulfide) groups is 1. The lowest BCUT2D eigenvalue weighted by Gasteiger charge is -2.26. The fourth-order valence-electron chi connectivity index (χ4n) is 3.58. The van der Waals surface area contributed by atoms with Crippen LogP contribution in [0, 0.1) is 0 Å².